The number of rotatable bonds is 9. The van der Waals surface area contributed by atoms with Gasteiger partial charge >= 0.3 is 0 Å². The number of methoxy groups -OCH3 is 1. The molecule has 0 heterocycles. The van der Waals surface area contributed by atoms with E-state index in [4.69, 9.17) is 19.7 Å². The number of hydrogen-bond donors (Lipinski definition) is 4. The predicted molar refractivity (Wildman–Crippen MR) is 75.1 cm³/mol. The van der Waals surface area contributed by atoms with Gasteiger partial charge in [-0.1, -0.05) is 0 Å². The van der Waals surface area contributed by atoms with Gasteiger partial charge in [0.05, 0.1) is 25.9 Å². The van der Waals surface area contributed by atoms with Crippen molar-refractivity contribution in [1.29, 1.82) is 0 Å². The number of benzene rings is 1. The van der Waals surface area contributed by atoms with Crippen LogP contribution in [0.1, 0.15) is 6.92 Å². The second kappa shape index (κ2) is 8.06. The van der Waals surface area contributed by atoms with Gasteiger partial charge in [0.1, 0.15) is 24.2 Å². The molecule has 0 saturated heterocycles. The van der Waals surface area contributed by atoms with E-state index in [1.54, 1.807) is 38.3 Å². The number of nitrogens with one attached hydrogen (secondary N) is 1. The third-order valence-corrected chi connectivity index (χ3v) is 2.96. The SMILES string of the molecule is COc1ccc(OCC(O)CNC(C)(CO)CO)cc1. The first kappa shape index (κ1) is 16.7. The fourth-order valence-corrected chi connectivity index (χ4v) is 1.45. The first-order valence-electron chi connectivity index (χ1n) is 6.44. The van der Waals surface area contributed by atoms with Crippen molar-refractivity contribution in [2.45, 2.75) is 18.6 Å². The van der Waals surface area contributed by atoms with Crippen LogP contribution >= 0.6 is 0 Å². The Kier molecular flexibility index (Phi) is 6.74. The highest BCUT2D eigenvalue weighted by Gasteiger charge is 2.22. The molecule has 0 amide bonds. The summed E-state index contributed by atoms with van der Waals surface area (Å²) in [7, 11) is 1.59. The second-order valence-electron chi connectivity index (χ2n) is 4.90. The molecule has 114 valence electrons. The Morgan fingerprint density at radius 1 is 1.15 bits per heavy atom. The molecule has 0 saturated carbocycles. The Labute approximate surface area is 119 Å². The van der Waals surface area contributed by atoms with Gasteiger partial charge in [-0.2, -0.15) is 0 Å². The van der Waals surface area contributed by atoms with Gasteiger partial charge in [-0.15, -0.1) is 0 Å². The summed E-state index contributed by atoms with van der Waals surface area (Å²) in [6.45, 7) is 1.58. The van der Waals surface area contributed by atoms with Crippen molar-refractivity contribution in [3.8, 4) is 11.5 Å². The van der Waals surface area contributed by atoms with Gasteiger partial charge in [0.15, 0.2) is 0 Å². The minimum atomic E-state index is -0.804. The highest BCUT2D eigenvalue weighted by molar-refractivity contribution is 5.31. The lowest BCUT2D eigenvalue weighted by molar-refractivity contribution is 0.0666. The molecule has 0 aliphatic rings. The third-order valence-electron chi connectivity index (χ3n) is 2.96. The Hall–Kier alpha value is -1.34. The highest BCUT2D eigenvalue weighted by Crippen LogP contribution is 2.17. The minimum Gasteiger partial charge on any atom is -0.497 e. The van der Waals surface area contributed by atoms with Crippen molar-refractivity contribution < 1.29 is 24.8 Å². The van der Waals surface area contributed by atoms with Crippen molar-refractivity contribution in [1.82, 2.24) is 5.32 Å². The Morgan fingerprint density at radius 3 is 2.20 bits per heavy atom. The van der Waals surface area contributed by atoms with Crippen molar-refractivity contribution in [2.24, 2.45) is 0 Å². The van der Waals surface area contributed by atoms with E-state index in [1.807, 2.05) is 0 Å². The van der Waals surface area contributed by atoms with E-state index in [0.29, 0.717) is 5.75 Å². The van der Waals surface area contributed by atoms with Crippen molar-refractivity contribution >= 4 is 0 Å². The molecular formula is C14H23NO5. The van der Waals surface area contributed by atoms with Crippen LogP contribution in [0.5, 0.6) is 11.5 Å². The molecule has 1 atom stereocenters. The molecule has 1 aromatic rings. The third kappa shape index (κ3) is 5.34. The standard InChI is InChI=1S/C14H23NO5/c1-14(9-16,10-17)15-7-11(18)8-20-13-5-3-12(19-2)4-6-13/h3-6,11,15-18H,7-10H2,1-2H3. The molecule has 6 heteroatoms. The lowest BCUT2D eigenvalue weighted by Gasteiger charge is -2.27. The van der Waals surface area contributed by atoms with Gasteiger partial charge < -0.3 is 30.1 Å². The van der Waals surface area contributed by atoms with Gasteiger partial charge in [-0.25, -0.2) is 0 Å². The second-order valence-corrected chi connectivity index (χ2v) is 4.90. The summed E-state index contributed by atoms with van der Waals surface area (Å²) in [5, 5.41) is 30.9. The van der Waals surface area contributed by atoms with E-state index in [0.717, 1.165) is 5.75 Å². The number of aliphatic hydroxyl groups is 3. The topological polar surface area (TPSA) is 91.2 Å². The number of β-amino-alcohol motifs (C(OH)–C–C–N with tert-alkyl or cyclic N) is 1. The Bertz CT molecular complexity index is 378. The minimum absolute atomic E-state index is 0.117. The molecule has 0 aromatic heterocycles. The summed E-state index contributed by atoms with van der Waals surface area (Å²) in [5.74, 6) is 1.37. The summed E-state index contributed by atoms with van der Waals surface area (Å²) < 4.78 is 10.5. The van der Waals surface area contributed by atoms with E-state index in [-0.39, 0.29) is 26.4 Å². The lowest BCUT2D eigenvalue weighted by atomic mass is 10.1. The summed E-state index contributed by atoms with van der Waals surface area (Å²) in [5.41, 5.74) is -0.804. The van der Waals surface area contributed by atoms with Crippen molar-refractivity contribution in [3.63, 3.8) is 0 Å². The largest absolute Gasteiger partial charge is 0.497 e. The van der Waals surface area contributed by atoms with Gasteiger partial charge in [0.25, 0.3) is 0 Å². The zero-order valence-electron chi connectivity index (χ0n) is 11.9. The maximum Gasteiger partial charge on any atom is 0.119 e. The van der Waals surface area contributed by atoms with Crippen molar-refractivity contribution in [3.05, 3.63) is 24.3 Å². The molecule has 0 radical (unpaired) electrons. The molecule has 4 N–H and O–H groups in total. The van der Waals surface area contributed by atoms with Crippen LogP contribution in [-0.4, -0.2) is 60.4 Å². The predicted octanol–water partition coefficient (Wildman–Crippen LogP) is -0.232. The van der Waals surface area contributed by atoms with Crippen LogP contribution in [-0.2, 0) is 0 Å². The van der Waals surface area contributed by atoms with Crippen molar-refractivity contribution in [2.75, 3.05) is 33.5 Å². The molecule has 0 aliphatic carbocycles. The lowest BCUT2D eigenvalue weighted by Crippen LogP contribution is -2.52. The molecule has 0 bridgehead atoms. The molecule has 0 spiro atoms. The smallest absolute Gasteiger partial charge is 0.119 e. The van der Waals surface area contributed by atoms with Crippen LogP contribution in [0.3, 0.4) is 0 Å². The molecule has 1 unspecified atom stereocenters. The van der Waals surface area contributed by atoms with Crippen LogP contribution in [0.4, 0.5) is 0 Å². The average Bonchev–Trinajstić information content (AvgIpc) is 2.51. The van der Waals surface area contributed by atoms with Gasteiger partial charge in [0.2, 0.25) is 0 Å². The zero-order chi connectivity index (χ0) is 15.0. The fourth-order valence-electron chi connectivity index (χ4n) is 1.45. The van der Waals surface area contributed by atoms with Gasteiger partial charge in [-0.3, -0.25) is 0 Å². The summed E-state index contributed by atoms with van der Waals surface area (Å²) >= 11 is 0. The van der Waals surface area contributed by atoms with E-state index < -0.39 is 11.6 Å². The normalized spacial score (nSPS) is 13.1. The maximum atomic E-state index is 9.79. The molecule has 20 heavy (non-hydrogen) atoms. The average molecular weight is 285 g/mol. The molecule has 1 rings (SSSR count). The maximum absolute atomic E-state index is 9.79. The molecule has 6 nitrogen and oxygen atoms in total. The van der Waals surface area contributed by atoms with Gasteiger partial charge in [-0.05, 0) is 31.2 Å². The molecule has 0 fully saturated rings. The van der Waals surface area contributed by atoms with Crippen LogP contribution in [0.25, 0.3) is 0 Å². The van der Waals surface area contributed by atoms with Crippen LogP contribution < -0.4 is 14.8 Å². The monoisotopic (exact) mass is 285 g/mol. The molecule has 0 aliphatic heterocycles. The molecular weight excluding hydrogens is 262 g/mol. The molecule has 1 aromatic carbocycles. The summed E-state index contributed by atoms with van der Waals surface area (Å²) in [6.07, 6.45) is -0.741. The summed E-state index contributed by atoms with van der Waals surface area (Å²) in [6, 6.07) is 7.05. The number of hydrogen-bond acceptors (Lipinski definition) is 6. The van der Waals surface area contributed by atoms with Crippen LogP contribution in [0.2, 0.25) is 0 Å². The van der Waals surface area contributed by atoms with Crippen LogP contribution in [0.15, 0.2) is 24.3 Å². The van der Waals surface area contributed by atoms with Crippen LogP contribution in [0, 0.1) is 0 Å². The Morgan fingerprint density at radius 2 is 1.70 bits per heavy atom. The van der Waals surface area contributed by atoms with E-state index >= 15 is 0 Å². The zero-order valence-corrected chi connectivity index (χ0v) is 11.9. The first-order valence-corrected chi connectivity index (χ1v) is 6.44. The van der Waals surface area contributed by atoms with E-state index in [2.05, 4.69) is 5.32 Å². The fraction of sp³-hybridized carbons (Fsp3) is 0.571. The van der Waals surface area contributed by atoms with Gasteiger partial charge in [0, 0.05) is 6.54 Å². The first-order chi connectivity index (χ1) is 9.53. The number of aliphatic hydroxyl groups excluding tert-OH is 3. The number of ether oxygens (including phenoxy) is 2. The Balaban J connectivity index is 2.33. The quantitative estimate of drug-likeness (QED) is 0.501. The van der Waals surface area contributed by atoms with E-state index in [9.17, 15) is 5.11 Å². The summed E-state index contributed by atoms with van der Waals surface area (Å²) in [4.78, 5) is 0. The van der Waals surface area contributed by atoms with E-state index in [1.165, 1.54) is 0 Å². The highest BCUT2D eigenvalue weighted by atomic mass is 16.5.